The molecule has 3 rings (SSSR count). The topological polar surface area (TPSA) is 29.1 Å². The van der Waals surface area contributed by atoms with Crippen molar-refractivity contribution in [1.29, 1.82) is 0 Å². The van der Waals surface area contributed by atoms with Crippen LogP contribution in [0.1, 0.15) is 15.9 Å². The monoisotopic (exact) mass is 183 g/mol. The van der Waals surface area contributed by atoms with Crippen LogP contribution in [0.4, 0.5) is 0 Å². The molecule has 0 radical (unpaired) electrons. The van der Waals surface area contributed by atoms with Gasteiger partial charge in [0.05, 0.1) is 5.70 Å². The number of benzene rings is 1. The van der Waals surface area contributed by atoms with Crippen LogP contribution in [0.15, 0.2) is 42.0 Å². The lowest BCUT2D eigenvalue weighted by Gasteiger charge is -2.10. The molecule has 1 aliphatic carbocycles. The van der Waals surface area contributed by atoms with E-state index in [4.69, 9.17) is 0 Å². The summed E-state index contributed by atoms with van der Waals surface area (Å²) in [4.78, 5) is 11.9. The number of allylic oxidation sites excluding steroid dienone is 2. The predicted molar refractivity (Wildman–Crippen MR) is 54.8 cm³/mol. The van der Waals surface area contributed by atoms with Gasteiger partial charge in [0.15, 0.2) is 5.78 Å². The van der Waals surface area contributed by atoms with E-state index in [1.165, 1.54) is 0 Å². The molecular weight excluding hydrogens is 174 g/mol. The van der Waals surface area contributed by atoms with Gasteiger partial charge in [0.1, 0.15) is 0 Å². The highest BCUT2D eigenvalue weighted by Crippen LogP contribution is 2.32. The van der Waals surface area contributed by atoms with Gasteiger partial charge in [-0.25, -0.2) is 0 Å². The number of hydrogen-bond acceptors (Lipinski definition) is 2. The highest BCUT2D eigenvalue weighted by molar-refractivity contribution is 6.22. The molecule has 0 atom stereocenters. The fourth-order valence-electron chi connectivity index (χ4n) is 1.99. The van der Waals surface area contributed by atoms with Gasteiger partial charge >= 0.3 is 0 Å². The van der Waals surface area contributed by atoms with Crippen LogP contribution in [-0.4, -0.2) is 12.3 Å². The van der Waals surface area contributed by atoms with Crippen molar-refractivity contribution in [2.75, 3.05) is 6.54 Å². The van der Waals surface area contributed by atoms with Crippen molar-refractivity contribution in [3.05, 3.63) is 53.1 Å². The summed E-state index contributed by atoms with van der Waals surface area (Å²) in [5.41, 5.74) is 3.65. The van der Waals surface area contributed by atoms with E-state index in [9.17, 15) is 4.79 Å². The molecule has 0 saturated carbocycles. The van der Waals surface area contributed by atoms with Crippen LogP contribution in [0, 0.1) is 0 Å². The Morgan fingerprint density at radius 2 is 1.93 bits per heavy atom. The van der Waals surface area contributed by atoms with E-state index in [1.807, 2.05) is 36.4 Å². The Bertz CT molecular complexity index is 483. The Hall–Kier alpha value is -1.83. The fourth-order valence-corrected chi connectivity index (χ4v) is 1.99. The van der Waals surface area contributed by atoms with Crippen molar-refractivity contribution >= 4 is 11.5 Å². The van der Waals surface area contributed by atoms with E-state index in [2.05, 4.69) is 5.32 Å². The maximum Gasteiger partial charge on any atom is 0.195 e. The minimum atomic E-state index is 0.138. The number of carbonyl (C=O) groups is 1. The summed E-state index contributed by atoms with van der Waals surface area (Å²) in [6.07, 6.45) is 3.89. The third-order valence-electron chi connectivity index (χ3n) is 2.64. The molecule has 1 N–H and O–H groups in total. The largest absolute Gasteiger partial charge is 0.380 e. The number of fused-ring (bicyclic) bond motifs is 2. The lowest BCUT2D eigenvalue weighted by molar-refractivity contribution is 0.104. The maximum absolute atomic E-state index is 11.9. The van der Waals surface area contributed by atoms with E-state index in [0.29, 0.717) is 0 Å². The number of dihydropyridines is 1. The summed E-state index contributed by atoms with van der Waals surface area (Å²) in [6.45, 7) is 0.806. The molecular formula is C12H9NO. The van der Waals surface area contributed by atoms with E-state index < -0.39 is 0 Å². The number of carbonyl (C=O) groups excluding carboxylic acids is 1. The minimum Gasteiger partial charge on any atom is -0.380 e. The van der Waals surface area contributed by atoms with Crippen molar-refractivity contribution < 1.29 is 4.79 Å². The van der Waals surface area contributed by atoms with Gasteiger partial charge in [-0.1, -0.05) is 36.4 Å². The highest BCUT2D eigenvalue weighted by Gasteiger charge is 2.28. The Morgan fingerprint density at radius 1 is 1.14 bits per heavy atom. The van der Waals surface area contributed by atoms with Crippen LogP contribution in [0.5, 0.6) is 0 Å². The molecule has 0 aromatic heterocycles. The van der Waals surface area contributed by atoms with Crippen molar-refractivity contribution in [2.24, 2.45) is 0 Å². The second-order valence-electron chi connectivity index (χ2n) is 3.45. The number of ketones is 1. The Kier molecular flexibility index (Phi) is 1.39. The molecule has 0 spiro atoms. The molecule has 1 heterocycles. The summed E-state index contributed by atoms with van der Waals surface area (Å²) in [5, 5.41) is 3.24. The molecule has 2 nitrogen and oxygen atoms in total. The molecule has 0 amide bonds. The second kappa shape index (κ2) is 2.58. The lowest BCUT2D eigenvalue weighted by atomic mass is 10.1. The fraction of sp³-hybridized carbons (Fsp3) is 0.0833. The minimum absolute atomic E-state index is 0.138. The Balaban J connectivity index is 2.28. The molecule has 1 aromatic rings. The molecule has 0 unspecified atom stereocenters. The zero-order chi connectivity index (χ0) is 9.54. The van der Waals surface area contributed by atoms with Crippen LogP contribution < -0.4 is 5.32 Å². The molecule has 2 aliphatic rings. The van der Waals surface area contributed by atoms with Gasteiger partial charge in [-0.15, -0.1) is 0 Å². The molecule has 2 heteroatoms. The van der Waals surface area contributed by atoms with Gasteiger partial charge in [0.25, 0.3) is 0 Å². The lowest BCUT2D eigenvalue weighted by Crippen LogP contribution is -2.15. The average molecular weight is 183 g/mol. The SMILES string of the molecule is O=C1C2=C(NCC=C2)c2ccccc21. The Morgan fingerprint density at radius 3 is 2.79 bits per heavy atom. The first-order valence-electron chi connectivity index (χ1n) is 4.67. The van der Waals surface area contributed by atoms with Gasteiger partial charge in [-0.2, -0.15) is 0 Å². The standard InChI is InChI=1S/C12H9NO/c14-12-9-5-2-1-4-8(9)11-10(12)6-3-7-13-11/h1-6,13H,7H2. The highest BCUT2D eigenvalue weighted by atomic mass is 16.1. The van der Waals surface area contributed by atoms with E-state index >= 15 is 0 Å². The van der Waals surface area contributed by atoms with E-state index in [-0.39, 0.29) is 5.78 Å². The van der Waals surface area contributed by atoms with Gasteiger partial charge in [-0.3, -0.25) is 4.79 Å². The number of nitrogens with one attached hydrogen (secondary N) is 1. The predicted octanol–water partition coefficient (Wildman–Crippen LogP) is 1.75. The molecule has 0 fully saturated rings. The Labute approximate surface area is 81.9 Å². The third-order valence-corrected chi connectivity index (χ3v) is 2.64. The van der Waals surface area contributed by atoms with E-state index in [1.54, 1.807) is 0 Å². The number of hydrogen-bond donors (Lipinski definition) is 1. The zero-order valence-electron chi connectivity index (χ0n) is 7.58. The smallest absolute Gasteiger partial charge is 0.195 e. The van der Waals surface area contributed by atoms with Crippen LogP contribution >= 0.6 is 0 Å². The van der Waals surface area contributed by atoms with Crippen molar-refractivity contribution in [2.45, 2.75) is 0 Å². The maximum atomic E-state index is 11.9. The van der Waals surface area contributed by atoms with E-state index in [0.717, 1.165) is 28.9 Å². The first-order valence-corrected chi connectivity index (χ1v) is 4.67. The van der Waals surface area contributed by atoms with Crippen LogP contribution in [0.25, 0.3) is 5.70 Å². The van der Waals surface area contributed by atoms with Crippen LogP contribution in [0.2, 0.25) is 0 Å². The van der Waals surface area contributed by atoms with Crippen molar-refractivity contribution in [1.82, 2.24) is 5.32 Å². The first kappa shape index (κ1) is 7.56. The summed E-state index contributed by atoms with van der Waals surface area (Å²) in [7, 11) is 0. The molecule has 1 aliphatic heterocycles. The first-order chi connectivity index (χ1) is 6.88. The van der Waals surface area contributed by atoms with Gasteiger partial charge in [-0.05, 0) is 0 Å². The molecule has 0 saturated heterocycles. The molecule has 0 bridgehead atoms. The summed E-state index contributed by atoms with van der Waals surface area (Å²) in [6, 6.07) is 7.73. The second-order valence-corrected chi connectivity index (χ2v) is 3.45. The summed E-state index contributed by atoms with van der Waals surface area (Å²) in [5.74, 6) is 0.138. The average Bonchev–Trinajstić information content (AvgIpc) is 2.55. The van der Waals surface area contributed by atoms with Crippen molar-refractivity contribution in [3.8, 4) is 0 Å². The number of rotatable bonds is 0. The number of Topliss-reactive ketones (excluding diaryl/α,β-unsaturated/α-hetero) is 1. The van der Waals surface area contributed by atoms with Gasteiger partial charge < -0.3 is 5.32 Å². The van der Waals surface area contributed by atoms with Gasteiger partial charge in [0, 0.05) is 23.2 Å². The molecule has 1 aromatic carbocycles. The molecule has 68 valence electrons. The molecule has 14 heavy (non-hydrogen) atoms. The summed E-state index contributed by atoms with van der Waals surface area (Å²) < 4.78 is 0. The van der Waals surface area contributed by atoms with Crippen LogP contribution in [0.3, 0.4) is 0 Å². The van der Waals surface area contributed by atoms with Crippen molar-refractivity contribution in [3.63, 3.8) is 0 Å². The quantitative estimate of drug-likeness (QED) is 0.664. The normalized spacial score (nSPS) is 17.9. The summed E-state index contributed by atoms with van der Waals surface area (Å²) >= 11 is 0. The van der Waals surface area contributed by atoms with Crippen LogP contribution in [-0.2, 0) is 0 Å². The van der Waals surface area contributed by atoms with Gasteiger partial charge in [0.2, 0.25) is 0 Å². The third kappa shape index (κ3) is 0.826. The zero-order valence-corrected chi connectivity index (χ0v) is 7.58.